The van der Waals surface area contributed by atoms with Crippen LogP contribution in [0.3, 0.4) is 0 Å². The third kappa shape index (κ3) is 67.9. The van der Waals surface area contributed by atoms with Gasteiger partial charge in [-0.15, -0.1) is 0 Å². The molecule has 5 heteroatoms. The Balaban J connectivity index is -0.000000138. The van der Waals surface area contributed by atoms with Crippen LogP contribution in [0, 0.1) is 0 Å². The normalized spacial score (nSPS) is 7.29. The van der Waals surface area contributed by atoms with Gasteiger partial charge in [-0.3, -0.25) is 9.59 Å². The predicted molar refractivity (Wildman–Crippen MR) is 52.8 cm³/mol. The Bertz CT molecular complexity index is 133. The number of aliphatic hydroxyl groups excluding tert-OH is 2. The third-order valence-electron chi connectivity index (χ3n) is 0.570. The molecule has 0 aliphatic carbocycles. The Kier molecular flexibility index (Phi) is 24.1. The van der Waals surface area contributed by atoms with Gasteiger partial charge in [-0.05, 0) is 20.8 Å². The van der Waals surface area contributed by atoms with Crippen molar-refractivity contribution in [2.24, 2.45) is 0 Å². The number of esters is 1. The van der Waals surface area contributed by atoms with Gasteiger partial charge in [-0.1, -0.05) is 0 Å². The summed E-state index contributed by atoms with van der Waals surface area (Å²) in [5.41, 5.74) is 0. The second kappa shape index (κ2) is 18.0. The molecule has 0 saturated carbocycles. The first-order valence-electron chi connectivity index (χ1n) is 4.30. The third-order valence-corrected chi connectivity index (χ3v) is 0.570. The molecular weight excluding hydrogens is 188 g/mol. The zero-order valence-corrected chi connectivity index (χ0v) is 9.24. The number of Topliss-reactive ketones (excluding diaryl/α,β-unsaturated/α-hetero) is 1. The summed E-state index contributed by atoms with van der Waals surface area (Å²) in [6, 6.07) is 0. The van der Waals surface area contributed by atoms with Crippen LogP contribution in [-0.4, -0.2) is 41.8 Å². The number of hydrogen-bond donors (Lipinski definition) is 2. The van der Waals surface area contributed by atoms with Crippen LogP contribution in [0.5, 0.6) is 0 Å². The Labute approximate surface area is 84.7 Å². The maximum atomic E-state index is 9.82. The van der Waals surface area contributed by atoms with Crippen LogP contribution in [0.4, 0.5) is 0 Å². The number of carbonyl (C=O) groups excluding carboxylic acids is 2. The van der Waals surface area contributed by atoms with Gasteiger partial charge >= 0.3 is 5.97 Å². The van der Waals surface area contributed by atoms with Crippen LogP contribution in [0.15, 0.2) is 0 Å². The van der Waals surface area contributed by atoms with E-state index in [1.807, 2.05) is 0 Å². The van der Waals surface area contributed by atoms with Crippen LogP contribution >= 0.6 is 0 Å². The molecule has 0 rings (SSSR count). The lowest BCUT2D eigenvalue weighted by Gasteiger charge is -1.89. The van der Waals surface area contributed by atoms with Crippen molar-refractivity contribution in [3.05, 3.63) is 0 Å². The molecule has 0 amide bonds. The lowest BCUT2D eigenvalue weighted by atomic mass is 10.5. The van der Waals surface area contributed by atoms with Crippen molar-refractivity contribution in [3.63, 3.8) is 0 Å². The summed E-state index contributed by atoms with van der Waals surface area (Å²) in [6.07, 6.45) is 0. The van der Waals surface area contributed by atoms with E-state index in [1.165, 1.54) is 13.8 Å². The highest BCUT2D eigenvalue weighted by Crippen LogP contribution is 1.69. The molecule has 86 valence electrons. The molecule has 0 aromatic rings. The number of carbonyl (C=O) groups is 2. The smallest absolute Gasteiger partial charge is 0.302 e. The molecule has 0 spiro atoms. The molecule has 0 fully saturated rings. The number of aliphatic hydroxyl groups is 2. The Morgan fingerprint density at radius 3 is 1.43 bits per heavy atom. The SMILES string of the molecule is CC(=O)CO.CCO.CCOC(C)=O. The Morgan fingerprint density at radius 1 is 1.14 bits per heavy atom. The minimum Gasteiger partial charge on any atom is -0.466 e. The van der Waals surface area contributed by atoms with Gasteiger partial charge in [0.1, 0.15) is 6.61 Å². The van der Waals surface area contributed by atoms with E-state index in [4.69, 9.17) is 10.2 Å². The van der Waals surface area contributed by atoms with Gasteiger partial charge in [0.2, 0.25) is 0 Å². The van der Waals surface area contributed by atoms with Gasteiger partial charge in [-0.25, -0.2) is 0 Å². The molecule has 0 saturated heterocycles. The van der Waals surface area contributed by atoms with E-state index < -0.39 is 0 Å². The van der Waals surface area contributed by atoms with Crippen molar-refractivity contribution in [3.8, 4) is 0 Å². The van der Waals surface area contributed by atoms with Crippen molar-refractivity contribution >= 4 is 11.8 Å². The van der Waals surface area contributed by atoms with Crippen LogP contribution < -0.4 is 0 Å². The molecule has 0 atom stereocenters. The molecule has 5 nitrogen and oxygen atoms in total. The van der Waals surface area contributed by atoms with Crippen LogP contribution in [-0.2, 0) is 14.3 Å². The summed E-state index contributed by atoms with van der Waals surface area (Å²) in [5, 5.41) is 15.4. The van der Waals surface area contributed by atoms with E-state index in [1.54, 1.807) is 13.8 Å². The average Bonchev–Trinajstić information content (AvgIpc) is 2.06. The second-order valence-electron chi connectivity index (χ2n) is 2.10. The van der Waals surface area contributed by atoms with Crippen LogP contribution in [0.25, 0.3) is 0 Å². The lowest BCUT2D eigenvalue weighted by molar-refractivity contribution is -0.140. The number of ether oxygens (including phenoxy) is 1. The van der Waals surface area contributed by atoms with E-state index in [2.05, 4.69) is 4.74 Å². The van der Waals surface area contributed by atoms with Crippen molar-refractivity contribution in [1.29, 1.82) is 0 Å². The predicted octanol–water partition coefficient (Wildman–Crippen LogP) is 0.136. The molecule has 0 unspecified atom stereocenters. The molecule has 0 heterocycles. The first-order chi connectivity index (χ1) is 6.45. The highest BCUT2D eigenvalue weighted by atomic mass is 16.5. The summed E-state index contributed by atoms with van der Waals surface area (Å²) >= 11 is 0. The monoisotopic (exact) mass is 208 g/mol. The number of ketones is 1. The van der Waals surface area contributed by atoms with E-state index in [0.717, 1.165) is 0 Å². The summed E-state index contributed by atoms with van der Waals surface area (Å²) < 4.78 is 4.40. The fourth-order valence-electron chi connectivity index (χ4n) is 0.203. The van der Waals surface area contributed by atoms with E-state index >= 15 is 0 Å². The maximum absolute atomic E-state index is 9.82. The van der Waals surface area contributed by atoms with Gasteiger partial charge in [0, 0.05) is 13.5 Å². The fraction of sp³-hybridized carbons (Fsp3) is 0.778. The molecule has 0 aromatic heterocycles. The van der Waals surface area contributed by atoms with E-state index in [-0.39, 0.29) is 25.0 Å². The Hall–Kier alpha value is -0.940. The zero-order chi connectivity index (χ0) is 12.0. The highest BCUT2D eigenvalue weighted by Gasteiger charge is 1.81. The maximum Gasteiger partial charge on any atom is 0.302 e. The van der Waals surface area contributed by atoms with Gasteiger partial charge in [-0.2, -0.15) is 0 Å². The van der Waals surface area contributed by atoms with Gasteiger partial charge < -0.3 is 14.9 Å². The van der Waals surface area contributed by atoms with E-state index in [9.17, 15) is 9.59 Å². The molecule has 0 aliphatic heterocycles. The van der Waals surface area contributed by atoms with Crippen LogP contribution in [0.2, 0.25) is 0 Å². The quantitative estimate of drug-likeness (QED) is 0.630. The molecule has 14 heavy (non-hydrogen) atoms. The molecule has 0 aliphatic rings. The first kappa shape index (κ1) is 18.8. The lowest BCUT2D eigenvalue weighted by Crippen LogP contribution is -1.95. The number of hydrogen-bond acceptors (Lipinski definition) is 5. The minimum absolute atomic E-state index is 0.190. The van der Waals surface area contributed by atoms with Gasteiger partial charge in [0.15, 0.2) is 5.78 Å². The molecule has 0 radical (unpaired) electrons. The van der Waals surface area contributed by atoms with Crippen molar-refractivity contribution in [1.82, 2.24) is 0 Å². The largest absolute Gasteiger partial charge is 0.466 e. The second-order valence-corrected chi connectivity index (χ2v) is 2.10. The summed E-state index contributed by atoms with van der Waals surface area (Å²) in [6.45, 7) is 6.58. The fourth-order valence-corrected chi connectivity index (χ4v) is 0.203. The zero-order valence-electron chi connectivity index (χ0n) is 9.24. The van der Waals surface area contributed by atoms with Crippen molar-refractivity contribution in [2.45, 2.75) is 27.7 Å². The molecule has 0 bridgehead atoms. The average molecular weight is 208 g/mol. The summed E-state index contributed by atoms with van der Waals surface area (Å²) in [4.78, 5) is 19.4. The van der Waals surface area contributed by atoms with Crippen LogP contribution in [0.1, 0.15) is 27.7 Å². The minimum atomic E-state index is -0.333. The van der Waals surface area contributed by atoms with E-state index in [0.29, 0.717) is 6.61 Å². The molecule has 0 aromatic carbocycles. The summed E-state index contributed by atoms with van der Waals surface area (Å²) in [7, 11) is 0. The highest BCUT2D eigenvalue weighted by molar-refractivity contribution is 5.76. The number of rotatable bonds is 2. The van der Waals surface area contributed by atoms with Gasteiger partial charge in [0.05, 0.1) is 6.61 Å². The van der Waals surface area contributed by atoms with Crippen molar-refractivity contribution in [2.75, 3.05) is 19.8 Å². The summed E-state index contributed by atoms with van der Waals surface area (Å²) in [5.74, 6) is -0.400. The standard InChI is InChI=1S/C4H8O2.C3H6O2.C2H6O/c1-3-6-4(2)5;1-3(5)2-4;1-2-3/h3H2,1-2H3;4H,2H2,1H3;3H,2H2,1H3. The molecule has 2 N–H and O–H groups in total. The van der Waals surface area contributed by atoms with Crippen molar-refractivity contribution < 1.29 is 24.5 Å². The Morgan fingerprint density at radius 2 is 1.43 bits per heavy atom. The first-order valence-corrected chi connectivity index (χ1v) is 4.30. The van der Waals surface area contributed by atoms with Gasteiger partial charge in [0.25, 0.3) is 0 Å². The topological polar surface area (TPSA) is 83.8 Å². The molecular formula is C9H20O5.